The Kier molecular flexibility index (Phi) is 5.69. The van der Waals surface area contributed by atoms with E-state index in [2.05, 4.69) is 21.6 Å². The standard InChI is InChI=1S/C22H19N3OS2/c1-15(19-12-7-13-27-19)23-20(26)14-28-22-18-11-6-5-10-17(18)21(24-25-22)16-8-3-2-4-9-16/h2-13,15H,14H2,1H3,(H,23,26)/t15-/m1/s1. The molecular formula is C22H19N3OS2. The van der Waals surface area contributed by atoms with Crippen molar-refractivity contribution in [2.75, 3.05) is 5.75 Å². The van der Waals surface area contributed by atoms with Crippen LogP contribution in [0.4, 0.5) is 0 Å². The van der Waals surface area contributed by atoms with Gasteiger partial charge in [-0.1, -0.05) is 72.4 Å². The molecule has 2 aromatic carbocycles. The van der Waals surface area contributed by atoms with Crippen LogP contribution < -0.4 is 5.32 Å². The van der Waals surface area contributed by atoms with Gasteiger partial charge < -0.3 is 5.32 Å². The number of nitrogens with zero attached hydrogens (tertiary/aromatic N) is 2. The Bertz CT molecular complexity index is 1080. The summed E-state index contributed by atoms with van der Waals surface area (Å²) in [7, 11) is 0. The highest BCUT2D eigenvalue weighted by Gasteiger charge is 2.14. The summed E-state index contributed by atoms with van der Waals surface area (Å²) in [5, 5.41) is 16.8. The first kappa shape index (κ1) is 18.7. The van der Waals surface area contributed by atoms with Crippen LogP contribution in [0.5, 0.6) is 0 Å². The molecule has 2 aromatic heterocycles. The van der Waals surface area contributed by atoms with E-state index in [1.54, 1.807) is 11.3 Å². The number of fused-ring (bicyclic) bond motifs is 1. The number of carbonyl (C=O) groups excluding carboxylic acids is 1. The van der Waals surface area contributed by atoms with Gasteiger partial charge in [0.1, 0.15) is 10.7 Å². The van der Waals surface area contributed by atoms with Gasteiger partial charge in [-0.05, 0) is 18.4 Å². The Balaban J connectivity index is 1.53. The normalized spacial score (nSPS) is 12.0. The van der Waals surface area contributed by atoms with Gasteiger partial charge in [0.2, 0.25) is 5.91 Å². The zero-order chi connectivity index (χ0) is 19.3. The predicted molar refractivity (Wildman–Crippen MR) is 117 cm³/mol. The summed E-state index contributed by atoms with van der Waals surface area (Å²) >= 11 is 3.06. The van der Waals surface area contributed by atoms with Crippen LogP contribution >= 0.6 is 23.1 Å². The molecule has 4 rings (SSSR count). The third kappa shape index (κ3) is 4.08. The Morgan fingerprint density at radius 3 is 2.50 bits per heavy atom. The third-order valence-electron chi connectivity index (χ3n) is 4.39. The molecule has 0 bridgehead atoms. The van der Waals surface area contributed by atoms with Gasteiger partial charge in [0.15, 0.2) is 0 Å². The van der Waals surface area contributed by atoms with E-state index in [0.29, 0.717) is 5.75 Å². The Hall–Kier alpha value is -2.70. The van der Waals surface area contributed by atoms with Crippen molar-refractivity contribution in [1.82, 2.24) is 15.5 Å². The first-order chi connectivity index (χ1) is 13.7. The van der Waals surface area contributed by atoms with Crippen LogP contribution in [-0.4, -0.2) is 21.9 Å². The largest absolute Gasteiger partial charge is 0.348 e. The van der Waals surface area contributed by atoms with Crippen LogP contribution in [0.15, 0.2) is 77.1 Å². The quantitative estimate of drug-likeness (QED) is 0.441. The molecule has 28 heavy (non-hydrogen) atoms. The molecule has 0 aliphatic heterocycles. The van der Waals surface area contributed by atoms with Crippen LogP contribution in [0.25, 0.3) is 22.0 Å². The summed E-state index contributed by atoms with van der Waals surface area (Å²) in [4.78, 5) is 13.5. The number of thiophene rings is 1. The SMILES string of the molecule is C[C@@H](NC(=O)CSc1nnc(-c2ccccc2)c2ccccc12)c1cccs1. The average Bonchev–Trinajstić information content (AvgIpc) is 3.28. The number of rotatable bonds is 6. The van der Waals surface area contributed by atoms with Crippen molar-refractivity contribution >= 4 is 39.8 Å². The second-order valence-electron chi connectivity index (χ2n) is 6.36. The predicted octanol–water partition coefficient (Wildman–Crippen LogP) is 5.33. The minimum atomic E-state index is -0.0103. The summed E-state index contributed by atoms with van der Waals surface area (Å²) in [6.07, 6.45) is 0. The Labute approximate surface area is 172 Å². The van der Waals surface area contributed by atoms with E-state index in [1.807, 2.05) is 73.0 Å². The van der Waals surface area contributed by atoms with Gasteiger partial charge in [0, 0.05) is 21.2 Å². The average molecular weight is 406 g/mol. The molecule has 0 aliphatic carbocycles. The van der Waals surface area contributed by atoms with Gasteiger partial charge in [-0.2, -0.15) is 0 Å². The number of hydrogen-bond acceptors (Lipinski definition) is 5. The molecule has 0 fully saturated rings. The summed E-state index contributed by atoms with van der Waals surface area (Å²) in [6.45, 7) is 2.00. The van der Waals surface area contributed by atoms with E-state index >= 15 is 0 Å². The lowest BCUT2D eigenvalue weighted by molar-refractivity contribution is -0.119. The summed E-state index contributed by atoms with van der Waals surface area (Å²) < 4.78 is 0. The van der Waals surface area contributed by atoms with E-state index in [1.165, 1.54) is 11.8 Å². The highest BCUT2D eigenvalue weighted by Crippen LogP contribution is 2.31. The highest BCUT2D eigenvalue weighted by molar-refractivity contribution is 8.00. The lowest BCUT2D eigenvalue weighted by Crippen LogP contribution is -2.27. The minimum absolute atomic E-state index is 0.0103. The lowest BCUT2D eigenvalue weighted by atomic mass is 10.1. The molecule has 1 atom stereocenters. The van der Waals surface area contributed by atoms with Crippen LogP contribution in [-0.2, 0) is 4.79 Å². The van der Waals surface area contributed by atoms with Crippen molar-refractivity contribution in [2.24, 2.45) is 0 Å². The second kappa shape index (κ2) is 8.54. The Morgan fingerprint density at radius 1 is 1.00 bits per heavy atom. The second-order valence-corrected chi connectivity index (χ2v) is 8.30. The third-order valence-corrected chi connectivity index (χ3v) is 6.42. The van der Waals surface area contributed by atoms with Crippen LogP contribution in [0, 0.1) is 0 Å². The molecule has 1 amide bonds. The van der Waals surface area contributed by atoms with Gasteiger partial charge >= 0.3 is 0 Å². The van der Waals surface area contributed by atoms with E-state index in [9.17, 15) is 4.79 Å². The minimum Gasteiger partial charge on any atom is -0.348 e. The maximum atomic E-state index is 12.4. The smallest absolute Gasteiger partial charge is 0.230 e. The summed E-state index contributed by atoms with van der Waals surface area (Å²) in [5.74, 6) is 0.294. The number of thioether (sulfide) groups is 1. The first-order valence-corrected chi connectivity index (χ1v) is 10.9. The lowest BCUT2D eigenvalue weighted by Gasteiger charge is -2.12. The molecule has 4 nitrogen and oxygen atoms in total. The van der Waals surface area contributed by atoms with Gasteiger partial charge in [-0.3, -0.25) is 4.79 Å². The van der Waals surface area contributed by atoms with E-state index in [4.69, 9.17) is 0 Å². The molecule has 0 saturated carbocycles. The molecule has 0 spiro atoms. The number of hydrogen-bond donors (Lipinski definition) is 1. The van der Waals surface area contributed by atoms with Gasteiger partial charge in [0.05, 0.1) is 11.8 Å². The topological polar surface area (TPSA) is 54.9 Å². The fraction of sp³-hybridized carbons (Fsp3) is 0.136. The molecule has 0 radical (unpaired) electrons. The molecule has 4 aromatic rings. The zero-order valence-corrected chi connectivity index (χ0v) is 17.0. The molecule has 0 unspecified atom stereocenters. The van der Waals surface area contributed by atoms with Gasteiger partial charge in [-0.15, -0.1) is 21.5 Å². The maximum Gasteiger partial charge on any atom is 0.230 e. The van der Waals surface area contributed by atoms with Crippen molar-refractivity contribution in [3.63, 3.8) is 0 Å². The number of carbonyl (C=O) groups is 1. The maximum absolute atomic E-state index is 12.4. The molecule has 0 aliphatic rings. The first-order valence-electron chi connectivity index (χ1n) is 8.99. The molecule has 6 heteroatoms. The van der Waals surface area contributed by atoms with E-state index in [0.717, 1.165) is 31.9 Å². The zero-order valence-electron chi connectivity index (χ0n) is 15.3. The number of nitrogens with one attached hydrogen (secondary N) is 1. The molecule has 2 heterocycles. The van der Waals surface area contributed by atoms with Crippen LogP contribution in [0.3, 0.4) is 0 Å². The number of amides is 1. The van der Waals surface area contributed by atoms with Gasteiger partial charge in [0.25, 0.3) is 0 Å². The Morgan fingerprint density at radius 2 is 1.75 bits per heavy atom. The van der Waals surface area contributed by atoms with E-state index < -0.39 is 0 Å². The van der Waals surface area contributed by atoms with Crippen LogP contribution in [0.2, 0.25) is 0 Å². The van der Waals surface area contributed by atoms with Crippen molar-refractivity contribution in [1.29, 1.82) is 0 Å². The van der Waals surface area contributed by atoms with Crippen molar-refractivity contribution < 1.29 is 4.79 Å². The molecule has 0 saturated heterocycles. The van der Waals surface area contributed by atoms with E-state index in [-0.39, 0.29) is 11.9 Å². The molecular weight excluding hydrogens is 386 g/mol. The number of benzene rings is 2. The van der Waals surface area contributed by atoms with Crippen molar-refractivity contribution in [3.8, 4) is 11.3 Å². The van der Waals surface area contributed by atoms with Crippen LogP contribution in [0.1, 0.15) is 17.8 Å². The summed E-state index contributed by atoms with van der Waals surface area (Å²) in [6, 6.07) is 22.1. The van der Waals surface area contributed by atoms with Crippen molar-refractivity contribution in [2.45, 2.75) is 18.0 Å². The summed E-state index contributed by atoms with van der Waals surface area (Å²) in [5.41, 5.74) is 1.89. The fourth-order valence-electron chi connectivity index (χ4n) is 3.02. The van der Waals surface area contributed by atoms with Crippen molar-refractivity contribution in [3.05, 3.63) is 77.0 Å². The number of aromatic nitrogens is 2. The molecule has 1 N–H and O–H groups in total. The van der Waals surface area contributed by atoms with Gasteiger partial charge in [-0.25, -0.2) is 0 Å². The monoisotopic (exact) mass is 405 g/mol. The fourth-order valence-corrected chi connectivity index (χ4v) is 4.54. The molecule has 140 valence electrons. The highest BCUT2D eigenvalue weighted by atomic mass is 32.2.